The summed E-state index contributed by atoms with van der Waals surface area (Å²) < 4.78 is 0. The Bertz CT molecular complexity index is 389. The van der Waals surface area contributed by atoms with Crippen molar-refractivity contribution in [2.24, 2.45) is 0 Å². The maximum atomic E-state index is 10.1. The molecule has 0 spiro atoms. The summed E-state index contributed by atoms with van der Waals surface area (Å²) in [5.41, 5.74) is 2.57. The normalized spacial score (nSPS) is 11.9. The molecular formula is C13H20O3. The van der Waals surface area contributed by atoms with E-state index in [9.17, 15) is 15.3 Å². The van der Waals surface area contributed by atoms with Crippen LogP contribution in [0.3, 0.4) is 0 Å². The molecule has 3 N–H and O–H groups in total. The fraction of sp³-hybridized carbons (Fsp3) is 0.538. The lowest BCUT2D eigenvalue weighted by Gasteiger charge is -2.24. The number of rotatable bonds is 2. The van der Waals surface area contributed by atoms with Gasteiger partial charge in [0.1, 0.15) is 5.75 Å². The van der Waals surface area contributed by atoms with Gasteiger partial charge in [-0.15, -0.1) is 0 Å². The van der Waals surface area contributed by atoms with Gasteiger partial charge in [0.25, 0.3) is 0 Å². The Balaban J connectivity index is 3.53. The summed E-state index contributed by atoms with van der Waals surface area (Å²) in [6.45, 7) is 7.46. The number of aliphatic hydroxyl groups excluding tert-OH is 2. The van der Waals surface area contributed by atoms with Crippen LogP contribution in [0.25, 0.3) is 0 Å². The van der Waals surface area contributed by atoms with Crippen molar-refractivity contribution in [3.63, 3.8) is 0 Å². The van der Waals surface area contributed by atoms with Gasteiger partial charge in [-0.2, -0.15) is 0 Å². The number of benzene rings is 1. The summed E-state index contributed by atoms with van der Waals surface area (Å²) >= 11 is 0. The first-order valence-corrected chi connectivity index (χ1v) is 5.39. The minimum Gasteiger partial charge on any atom is -0.507 e. The zero-order chi connectivity index (χ0) is 12.5. The van der Waals surface area contributed by atoms with Crippen LogP contribution < -0.4 is 0 Å². The van der Waals surface area contributed by atoms with Crippen LogP contribution in [0.5, 0.6) is 5.75 Å². The highest BCUT2D eigenvalue weighted by molar-refractivity contribution is 5.51. The molecule has 1 aromatic rings. The summed E-state index contributed by atoms with van der Waals surface area (Å²) in [5.74, 6) is 0.143. The van der Waals surface area contributed by atoms with Crippen LogP contribution in [0.4, 0.5) is 0 Å². The number of hydrogen-bond donors (Lipinski definition) is 3. The zero-order valence-electron chi connectivity index (χ0n) is 10.3. The van der Waals surface area contributed by atoms with Crippen LogP contribution in [-0.2, 0) is 18.6 Å². The average molecular weight is 224 g/mol. The second-order valence-electron chi connectivity index (χ2n) is 5.10. The van der Waals surface area contributed by atoms with Gasteiger partial charge >= 0.3 is 0 Å². The summed E-state index contributed by atoms with van der Waals surface area (Å²) in [6, 6.07) is 1.81. The van der Waals surface area contributed by atoms with Gasteiger partial charge in [-0.3, -0.25) is 0 Å². The van der Waals surface area contributed by atoms with E-state index < -0.39 is 0 Å². The monoisotopic (exact) mass is 224 g/mol. The molecule has 0 aliphatic carbocycles. The van der Waals surface area contributed by atoms with Crippen molar-refractivity contribution in [1.29, 1.82) is 0 Å². The third-order valence-corrected chi connectivity index (χ3v) is 2.93. The molecule has 0 saturated carbocycles. The molecule has 3 nitrogen and oxygen atoms in total. The van der Waals surface area contributed by atoms with E-state index in [4.69, 9.17) is 0 Å². The molecule has 0 aromatic heterocycles. The molecule has 0 aliphatic rings. The average Bonchev–Trinajstić information content (AvgIpc) is 2.17. The molecule has 90 valence electrons. The summed E-state index contributed by atoms with van der Waals surface area (Å²) in [7, 11) is 0. The lowest BCUT2D eigenvalue weighted by Crippen LogP contribution is -2.14. The predicted molar refractivity (Wildman–Crippen MR) is 63.4 cm³/mol. The second-order valence-corrected chi connectivity index (χ2v) is 5.10. The van der Waals surface area contributed by atoms with Crippen LogP contribution in [0.2, 0.25) is 0 Å². The third kappa shape index (κ3) is 2.20. The van der Waals surface area contributed by atoms with E-state index in [0.717, 1.165) is 16.7 Å². The van der Waals surface area contributed by atoms with Crippen LogP contribution >= 0.6 is 0 Å². The highest BCUT2D eigenvalue weighted by Crippen LogP contribution is 2.36. The molecular weight excluding hydrogens is 204 g/mol. The fourth-order valence-corrected chi connectivity index (χ4v) is 1.81. The summed E-state index contributed by atoms with van der Waals surface area (Å²) in [4.78, 5) is 0. The maximum absolute atomic E-state index is 10.1. The molecule has 1 rings (SSSR count). The first kappa shape index (κ1) is 13.0. The van der Waals surface area contributed by atoms with Gasteiger partial charge in [-0.1, -0.05) is 20.8 Å². The first-order valence-electron chi connectivity index (χ1n) is 5.39. The van der Waals surface area contributed by atoms with Crippen molar-refractivity contribution in [3.05, 3.63) is 28.3 Å². The minimum atomic E-state index is -0.217. The van der Waals surface area contributed by atoms with Crippen LogP contribution in [0.15, 0.2) is 6.07 Å². The largest absolute Gasteiger partial charge is 0.507 e. The molecule has 0 atom stereocenters. The molecule has 0 saturated heterocycles. The van der Waals surface area contributed by atoms with Gasteiger partial charge in [-0.25, -0.2) is 0 Å². The number of aromatic hydroxyl groups is 1. The Labute approximate surface area is 96.4 Å². The maximum Gasteiger partial charge on any atom is 0.125 e. The molecule has 0 unspecified atom stereocenters. The number of hydrogen-bond acceptors (Lipinski definition) is 3. The van der Waals surface area contributed by atoms with E-state index in [-0.39, 0.29) is 24.4 Å². The van der Waals surface area contributed by atoms with Crippen molar-refractivity contribution in [2.45, 2.75) is 46.3 Å². The predicted octanol–water partition coefficient (Wildman–Crippen LogP) is 1.98. The van der Waals surface area contributed by atoms with E-state index in [2.05, 4.69) is 0 Å². The second kappa shape index (κ2) is 4.44. The Morgan fingerprint density at radius 3 is 2.06 bits per heavy atom. The van der Waals surface area contributed by atoms with E-state index in [1.807, 2.05) is 26.8 Å². The molecule has 3 heteroatoms. The molecule has 0 bridgehead atoms. The molecule has 1 aromatic carbocycles. The zero-order valence-corrected chi connectivity index (χ0v) is 10.3. The molecule has 0 radical (unpaired) electrons. The number of phenols is 1. The van der Waals surface area contributed by atoms with Gasteiger partial charge in [-0.05, 0) is 35.1 Å². The minimum absolute atomic E-state index is 0.0812. The Morgan fingerprint density at radius 2 is 1.69 bits per heavy atom. The van der Waals surface area contributed by atoms with Gasteiger partial charge in [0.05, 0.1) is 13.2 Å². The molecule has 0 fully saturated rings. The lowest BCUT2D eigenvalue weighted by molar-refractivity contribution is 0.267. The summed E-state index contributed by atoms with van der Waals surface area (Å²) in [5, 5.41) is 28.6. The van der Waals surface area contributed by atoms with Crippen LogP contribution in [0.1, 0.15) is 43.0 Å². The molecule has 0 amide bonds. The van der Waals surface area contributed by atoms with Crippen molar-refractivity contribution in [1.82, 2.24) is 0 Å². The molecule has 0 aliphatic heterocycles. The van der Waals surface area contributed by atoms with E-state index in [1.54, 1.807) is 6.92 Å². The van der Waals surface area contributed by atoms with Crippen molar-refractivity contribution in [2.75, 3.05) is 0 Å². The highest BCUT2D eigenvalue weighted by Gasteiger charge is 2.22. The van der Waals surface area contributed by atoms with Crippen molar-refractivity contribution < 1.29 is 15.3 Å². The highest BCUT2D eigenvalue weighted by atomic mass is 16.3. The number of aliphatic hydroxyl groups is 2. The summed E-state index contributed by atoms with van der Waals surface area (Å²) in [6.07, 6.45) is 0. The first-order chi connectivity index (χ1) is 7.32. The smallest absolute Gasteiger partial charge is 0.125 e. The standard InChI is InChI=1S/C13H20O3/c1-8-9(6-14)5-11(13(2,3)4)12(16)10(8)7-15/h5,14-16H,6-7H2,1-4H3. The quantitative estimate of drug-likeness (QED) is 0.720. The fourth-order valence-electron chi connectivity index (χ4n) is 1.81. The van der Waals surface area contributed by atoms with Gasteiger partial charge in [0, 0.05) is 5.56 Å². The Hall–Kier alpha value is -1.06. The van der Waals surface area contributed by atoms with Crippen molar-refractivity contribution >= 4 is 0 Å². The molecule has 16 heavy (non-hydrogen) atoms. The van der Waals surface area contributed by atoms with Gasteiger partial charge < -0.3 is 15.3 Å². The van der Waals surface area contributed by atoms with E-state index in [0.29, 0.717) is 5.56 Å². The topological polar surface area (TPSA) is 60.7 Å². The Morgan fingerprint density at radius 1 is 1.12 bits per heavy atom. The van der Waals surface area contributed by atoms with Crippen LogP contribution in [0, 0.1) is 6.92 Å². The van der Waals surface area contributed by atoms with Crippen LogP contribution in [-0.4, -0.2) is 15.3 Å². The van der Waals surface area contributed by atoms with E-state index >= 15 is 0 Å². The Kier molecular flexibility index (Phi) is 3.61. The van der Waals surface area contributed by atoms with E-state index in [1.165, 1.54) is 0 Å². The van der Waals surface area contributed by atoms with Crippen molar-refractivity contribution in [3.8, 4) is 5.75 Å². The SMILES string of the molecule is Cc1c(CO)cc(C(C)(C)C)c(O)c1CO. The van der Waals surface area contributed by atoms with Gasteiger partial charge in [0.15, 0.2) is 0 Å². The lowest BCUT2D eigenvalue weighted by atomic mass is 9.82. The van der Waals surface area contributed by atoms with Gasteiger partial charge in [0.2, 0.25) is 0 Å². The molecule has 0 heterocycles. The third-order valence-electron chi connectivity index (χ3n) is 2.93.